The second kappa shape index (κ2) is 6.06. The van der Waals surface area contributed by atoms with Crippen molar-refractivity contribution in [2.24, 2.45) is 11.1 Å². The minimum Gasteiger partial charge on any atom is -0.441 e. The van der Waals surface area contributed by atoms with Gasteiger partial charge >= 0.3 is 0 Å². The number of hydrogen-bond acceptors (Lipinski definition) is 5. The zero-order valence-electron chi connectivity index (χ0n) is 12.7. The van der Waals surface area contributed by atoms with Crippen LogP contribution in [0.25, 0.3) is 11.1 Å². The van der Waals surface area contributed by atoms with Crippen molar-refractivity contribution in [2.45, 2.75) is 26.2 Å². The van der Waals surface area contributed by atoms with Crippen LogP contribution in [0.1, 0.15) is 25.7 Å². The maximum absolute atomic E-state index is 12.6. The molecule has 0 spiro atoms. The number of nitrogens with zero attached hydrogens (tertiary/aromatic N) is 1. The van der Waals surface area contributed by atoms with Crippen LogP contribution < -0.4 is 11.1 Å². The van der Waals surface area contributed by atoms with Crippen molar-refractivity contribution in [1.82, 2.24) is 4.98 Å². The van der Waals surface area contributed by atoms with Gasteiger partial charge in [-0.1, -0.05) is 6.92 Å². The van der Waals surface area contributed by atoms with Crippen molar-refractivity contribution < 1.29 is 13.9 Å². The first-order valence-corrected chi connectivity index (χ1v) is 7.65. The van der Waals surface area contributed by atoms with E-state index in [1.165, 1.54) is 0 Å². The van der Waals surface area contributed by atoms with Crippen LogP contribution in [-0.4, -0.2) is 30.6 Å². The minimum absolute atomic E-state index is 0.0446. The van der Waals surface area contributed by atoms with Gasteiger partial charge in [0.2, 0.25) is 5.91 Å². The summed E-state index contributed by atoms with van der Waals surface area (Å²) in [5, 5.41) is 2.97. The average Bonchev–Trinajstić information content (AvgIpc) is 2.97. The van der Waals surface area contributed by atoms with Gasteiger partial charge in [-0.25, -0.2) is 4.98 Å². The molecule has 1 saturated heterocycles. The van der Waals surface area contributed by atoms with Crippen LogP contribution >= 0.6 is 0 Å². The summed E-state index contributed by atoms with van der Waals surface area (Å²) >= 11 is 0. The summed E-state index contributed by atoms with van der Waals surface area (Å²) in [6, 6.07) is 5.49. The number of ether oxygens (including phenoxy) is 1. The van der Waals surface area contributed by atoms with Crippen molar-refractivity contribution in [1.29, 1.82) is 0 Å². The molecule has 6 nitrogen and oxygen atoms in total. The summed E-state index contributed by atoms with van der Waals surface area (Å²) in [5.74, 6) is 0.651. The summed E-state index contributed by atoms with van der Waals surface area (Å²) in [6.45, 7) is 3.47. The molecule has 1 aliphatic heterocycles. The molecule has 1 aromatic carbocycles. The maximum atomic E-state index is 12.6. The van der Waals surface area contributed by atoms with Gasteiger partial charge in [-0.05, 0) is 31.0 Å². The van der Waals surface area contributed by atoms with Crippen molar-refractivity contribution in [2.75, 3.05) is 25.1 Å². The van der Waals surface area contributed by atoms with Crippen molar-refractivity contribution in [3.63, 3.8) is 0 Å². The van der Waals surface area contributed by atoms with Gasteiger partial charge in [0, 0.05) is 31.9 Å². The number of nitrogens with two attached hydrogens (primary N) is 1. The van der Waals surface area contributed by atoms with Crippen LogP contribution in [0.3, 0.4) is 0 Å². The monoisotopic (exact) mass is 303 g/mol. The van der Waals surface area contributed by atoms with E-state index in [1.54, 1.807) is 0 Å². The van der Waals surface area contributed by atoms with Gasteiger partial charge in [-0.15, -0.1) is 0 Å². The molecule has 1 amide bonds. The van der Waals surface area contributed by atoms with E-state index in [-0.39, 0.29) is 5.91 Å². The number of nitrogens with one attached hydrogen (secondary N) is 1. The fraction of sp³-hybridized carbons (Fsp3) is 0.500. The molecule has 3 rings (SSSR count). The molecule has 3 N–H and O–H groups in total. The van der Waals surface area contributed by atoms with Crippen molar-refractivity contribution in [3.05, 3.63) is 24.1 Å². The normalized spacial score (nSPS) is 17.5. The number of carbonyl (C=O) groups is 1. The van der Waals surface area contributed by atoms with E-state index in [4.69, 9.17) is 14.9 Å². The largest absolute Gasteiger partial charge is 0.441 e. The number of carbonyl (C=O) groups excluding carboxylic acids is 1. The molecule has 1 fully saturated rings. The Morgan fingerprint density at radius 2 is 2.18 bits per heavy atom. The summed E-state index contributed by atoms with van der Waals surface area (Å²) in [7, 11) is 0. The third-order valence-electron chi connectivity index (χ3n) is 4.31. The number of hydrogen-bond donors (Lipinski definition) is 2. The van der Waals surface area contributed by atoms with Crippen LogP contribution in [0, 0.1) is 5.41 Å². The Morgan fingerprint density at radius 3 is 2.86 bits per heavy atom. The number of amides is 1. The maximum Gasteiger partial charge on any atom is 0.232 e. The molecular formula is C16H21N3O3. The highest BCUT2D eigenvalue weighted by Gasteiger charge is 2.38. The van der Waals surface area contributed by atoms with E-state index in [0.29, 0.717) is 44.2 Å². The SMILES string of the molecule is CCc1nc2cc(NC(=O)C3(CN)CCOCC3)ccc2o1. The third-order valence-corrected chi connectivity index (χ3v) is 4.31. The lowest BCUT2D eigenvalue weighted by molar-refractivity contribution is -0.130. The second-order valence-electron chi connectivity index (χ2n) is 5.69. The van der Waals surface area contributed by atoms with Crippen LogP contribution in [0.5, 0.6) is 0 Å². The molecule has 0 saturated carbocycles. The highest BCUT2D eigenvalue weighted by Crippen LogP contribution is 2.31. The van der Waals surface area contributed by atoms with Gasteiger partial charge in [0.1, 0.15) is 5.52 Å². The molecule has 0 aliphatic carbocycles. The molecule has 0 unspecified atom stereocenters. The van der Waals surface area contributed by atoms with Crippen molar-refractivity contribution in [3.8, 4) is 0 Å². The molecule has 1 aromatic heterocycles. The Bertz CT molecular complexity index is 674. The fourth-order valence-electron chi connectivity index (χ4n) is 2.75. The number of rotatable bonds is 4. The first-order chi connectivity index (χ1) is 10.7. The van der Waals surface area contributed by atoms with Gasteiger partial charge in [-0.2, -0.15) is 0 Å². The number of benzene rings is 1. The molecule has 2 heterocycles. The van der Waals surface area contributed by atoms with Crippen molar-refractivity contribution >= 4 is 22.7 Å². The molecule has 22 heavy (non-hydrogen) atoms. The number of anilines is 1. The first kappa shape index (κ1) is 15.0. The lowest BCUT2D eigenvalue weighted by Crippen LogP contribution is -2.46. The lowest BCUT2D eigenvalue weighted by atomic mass is 9.79. The number of fused-ring (bicyclic) bond motifs is 1. The third kappa shape index (κ3) is 2.71. The second-order valence-corrected chi connectivity index (χ2v) is 5.69. The Hall–Kier alpha value is -1.92. The molecule has 2 aromatic rings. The van der Waals surface area contributed by atoms with Gasteiger partial charge in [-0.3, -0.25) is 4.79 Å². The highest BCUT2D eigenvalue weighted by atomic mass is 16.5. The quantitative estimate of drug-likeness (QED) is 0.902. The average molecular weight is 303 g/mol. The highest BCUT2D eigenvalue weighted by molar-refractivity contribution is 5.97. The van der Waals surface area contributed by atoms with Crippen LogP contribution in [0.2, 0.25) is 0 Å². The standard InChI is InChI=1S/C16H21N3O3/c1-2-14-19-12-9-11(3-4-13(12)22-14)18-15(20)16(10-17)5-7-21-8-6-16/h3-4,9H,2,5-8,10,17H2,1H3,(H,18,20). The Balaban J connectivity index is 1.80. The molecule has 0 bridgehead atoms. The number of oxazole rings is 1. The Labute approximate surface area is 129 Å². The molecule has 6 heteroatoms. The topological polar surface area (TPSA) is 90.4 Å². The first-order valence-electron chi connectivity index (χ1n) is 7.65. The zero-order chi connectivity index (χ0) is 15.6. The molecule has 1 aliphatic rings. The summed E-state index contributed by atoms with van der Waals surface area (Å²) in [4.78, 5) is 17.0. The zero-order valence-corrected chi connectivity index (χ0v) is 12.7. The van der Waals surface area contributed by atoms with Gasteiger partial charge in [0.15, 0.2) is 11.5 Å². The van der Waals surface area contributed by atoms with E-state index in [1.807, 2.05) is 25.1 Å². The van der Waals surface area contributed by atoms with Gasteiger partial charge < -0.3 is 20.2 Å². The lowest BCUT2D eigenvalue weighted by Gasteiger charge is -2.34. The predicted octanol–water partition coefficient (Wildman–Crippen LogP) is 2.08. The van der Waals surface area contributed by atoms with Gasteiger partial charge in [0.05, 0.1) is 5.41 Å². The summed E-state index contributed by atoms with van der Waals surface area (Å²) < 4.78 is 10.9. The Kier molecular flexibility index (Phi) is 4.13. The van der Waals surface area contributed by atoms with E-state index < -0.39 is 5.41 Å². The van der Waals surface area contributed by atoms with Crippen LogP contribution in [0.4, 0.5) is 5.69 Å². The fourth-order valence-corrected chi connectivity index (χ4v) is 2.75. The minimum atomic E-state index is -0.536. The van der Waals surface area contributed by atoms with E-state index in [9.17, 15) is 4.79 Å². The predicted molar refractivity (Wildman–Crippen MR) is 83.6 cm³/mol. The van der Waals surface area contributed by atoms with Gasteiger partial charge in [0.25, 0.3) is 0 Å². The molecule has 118 valence electrons. The van der Waals surface area contributed by atoms with E-state index >= 15 is 0 Å². The van der Waals surface area contributed by atoms with E-state index in [2.05, 4.69) is 10.3 Å². The molecule has 0 radical (unpaired) electrons. The van der Waals surface area contributed by atoms with E-state index in [0.717, 1.165) is 17.5 Å². The summed E-state index contributed by atoms with van der Waals surface area (Å²) in [6.07, 6.45) is 2.05. The number of aryl methyl sites for hydroxylation is 1. The summed E-state index contributed by atoms with van der Waals surface area (Å²) in [5.41, 5.74) is 7.52. The number of aromatic nitrogens is 1. The van der Waals surface area contributed by atoms with Crippen LogP contribution in [-0.2, 0) is 16.0 Å². The Morgan fingerprint density at radius 1 is 1.41 bits per heavy atom. The van der Waals surface area contributed by atoms with Crippen LogP contribution in [0.15, 0.2) is 22.6 Å². The molecular weight excluding hydrogens is 282 g/mol. The smallest absolute Gasteiger partial charge is 0.232 e. The molecule has 0 atom stereocenters.